The van der Waals surface area contributed by atoms with Crippen molar-refractivity contribution in [1.82, 2.24) is 9.97 Å². The molecule has 0 amide bonds. The van der Waals surface area contributed by atoms with Gasteiger partial charge in [-0.1, -0.05) is 0 Å². The van der Waals surface area contributed by atoms with E-state index in [0.717, 1.165) is 12.0 Å². The van der Waals surface area contributed by atoms with E-state index in [0.29, 0.717) is 16.7 Å². The average molecular weight is 176 g/mol. The lowest BCUT2D eigenvalue weighted by Crippen LogP contribution is -2.07. The van der Waals surface area contributed by atoms with Crippen LogP contribution in [0.1, 0.15) is 11.3 Å². The zero-order valence-electron chi connectivity index (χ0n) is 7.37. The number of fused-ring (bicyclic) bond motifs is 1. The van der Waals surface area contributed by atoms with Gasteiger partial charge in [0.25, 0.3) is 5.56 Å². The SMILES string of the molecule is Cc1ncc(C)c2c(=O)ncoc12. The average Bonchev–Trinajstić information content (AvgIpc) is 2.12. The van der Waals surface area contributed by atoms with Crippen molar-refractivity contribution >= 4 is 11.0 Å². The Kier molecular flexibility index (Phi) is 1.62. The molecule has 2 rings (SSSR count). The van der Waals surface area contributed by atoms with E-state index < -0.39 is 0 Å². The van der Waals surface area contributed by atoms with Crippen LogP contribution < -0.4 is 5.56 Å². The summed E-state index contributed by atoms with van der Waals surface area (Å²) in [5, 5.41) is 0.523. The largest absolute Gasteiger partial charge is 0.443 e. The Labute approximate surface area is 74.2 Å². The lowest BCUT2D eigenvalue weighted by molar-refractivity contribution is 0.571. The van der Waals surface area contributed by atoms with E-state index in [4.69, 9.17) is 4.42 Å². The van der Waals surface area contributed by atoms with E-state index >= 15 is 0 Å². The van der Waals surface area contributed by atoms with Crippen LogP contribution >= 0.6 is 0 Å². The molecule has 4 heteroatoms. The molecule has 0 aliphatic rings. The molecule has 0 saturated carbocycles. The van der Waals surface area contributed by atoms with Gasteiger partial charge in [0, 0.05) is 6.20 Å². The van der Waals surface area contributed by atoms with E-state index in [1.807, 2.05) is 6.92 Å². The zero-order valence-corrected chi connectivity index (χ0v) is 7.37. The molecule has 0 unspecified atom stereocenters. The Morgan fingerprint density at radius 1 is 1.31 bits per heavy atom. The quantitative estimate of drug-likeness (QED) is 0.605. The summed E-state index contributed by atoms with van der Waals surface area (Å²) in [7, 11) is 0. The first-order valence-corrected chi connectivity index (χ1v) is 3.90. The van der Waals surface area contributed by atoms with E-state index in [9.17, 15) is 4.79 Å². The molecule has 0 N–H and O–H groups in total. The van der Waals surface area contributed by atoms with Gasteiger partial charge in [0.05, 0.1) is 11.1 Å². The Balaban J connectivity index is 3.09. The third kappa shape index (κ3) is 1.11. The summed E-state index contributed by atoms with van der Waals surface area (Å²) < 4.78 is 5.13. The fourth-order valence-corrected chi connectivity index (χ4v) is 1.28. The number of hydrogen-bond acceptors (Lipinski definition) is 4. The first kappa shape index (κ1) is 7.91. The summed E-state index contributed by atoms with van der Waals surface area (Å²) in [6.07, 6.45) is 2.80. The van der Waals surface area contributed by atoms with Gasteiger partial charge in [-0.25, -0.2) is 0 Å². The number of rotatable bonds is 0. The summed E-state index contributed by atoms with van der Waals surface area (Å²) in [6.45, 7) is 3.61. The van der Waals surface area contributed by atoms with Crippen LogP contribution in [-0.4, -0.2) is 9.97 Å². The minimum atomic E-state index is -0.260. The van der Waals surface area contributed by atoms with Gasteiger partial charge in [-0.2, -0.15) is 4.98 Å². The van der Waals surface area contributed by atoms with E-state index in [-0.39, 0.29) is 5.56 Å². The van der Waals surface area contributed by atoms with Crippen LogP contribution in [0.3, 0.4) is 0 Å². The first-order valence-electron chi connectivity index (χ1n) is 3.90. The lowest BCUT2D eigenvalue weighted by Gasteiger charge is -2.00. The Bertz CT molecular complexity index is 516. The number of aryl methyl sites for hydroxylation is 2. The molecule has 66 valence electrons. The summed E-state index contributed by atoms with van der Waals surface area (Å²) in [6, 6.07) is 0. The standard InChI is InChI=1S/C9H8N2O2/c1-5-3-10-6(2)8-7(5)9(12)11-4-13-8/h3-4H,1-2H3. The van der Waals surface area contributed by atoms with Crippen LogP contribution in [0.5, 0.6) is 0 Å². The molecular formula is C9H8N2O2. The predicted octanol–water partition coefficient (Wildman–Crippen LogP) is 1.20. The fraction of sp³-hybridized carbons (Fsp3) is 0.222. The number of hydrogen-bond donors (Lipinski definition) is 0. The molecule has 0 saturated heterocycles. The second kappa shape index (κ2) is 2.65. The highest BCUT2D eigenvalue weighted by Crippen LogP contribution is 2.14. The molecule has 2 aromatic rings. The van der Waals surface area contributed by atoms with Crippen LogP contribution in [0, 0.1) is 13.8 Å². The Hall–Kier alpha value is -1.71. The molecule has 0 bridgehead atoms. The maximum atomic E-state index is 11.4. The molecule has 0 fully saturated rings. The van der Waals surface area contributed by atoms with Crippen molar-refractivity contribution in [2.45, 2.75) is 13.8 Å². The van der Waals surface area contributed by atoms with Gasteiger partial charge < -0.3 is 4.42 Å². The molecular weight excluding hydrogens is 168 g/mol. The van der Waals surface area contributed by atoms with Crippen LogP contribution in [-0.2, 0) is 0 Å². The number of nitrogens with zero attached hydrogens (tertiary/aromatic N) is 2. The highest BCUT2D eigenvalue weighted by molar-refractivity contribution is 5.80. The molecule has 0 atom stereocenters. The zero-order chi connectivity index (χ0) is 9.42. The number of pyridine rings is 1. The van der Waals surface area contributed by atoms with Crippen LogP contribution in [0.25, 0.3) is 11.0 Å². The van der Waals surface area contributed by atoms with Gasteiger partial charge >= 0.3 is 0 Å². The molecule has 0 spiro atoms. The molecule has 0 aliphatic carbocycles. The van der Waals surface area contributed by atoms with Crippen molar-refractivity contribution in [3.8, 4) is 0 Å². The molecule has 4 nitrogen and oxygen atoms in total. The van der Waals surface area contributed by atoms with Crippen LogP contribution in [0.15, 0.2) is 21.8 Å². The third-order valence-electron chi connectivity index (χ3n) is 1.96. The topological polar surface area (TPSA) is 56.0 Å². The predicted molar refractivity (Wildman–Crippen MR) is 47.5 cm³/mol. The molecule has 13 heavy (non-hydrogen) atoms. The van der Waals surface area contributed by atoms with Gasteiger partial charge in [-0.3, -0.25) is 9.78 Å². The van der Waals surface area contributed by atoms with E-state index in [1.165, 1.54) is 0 Å². The molecule has 0 aromatic carbocycles. The minimum absolute atomic E-state index is 0.260. The maximum absolute atomic E-state index is 11.4. The van der Waals surface area contributed by atoms with E-state index in [1.54, 1.807) is 13.1 Å². The molecule has 2 aromatic heterocycles. The van der Waals surface area contributed by atoms with Crippen LogP contribution in [0.4, 0.5) is 0 Å². The Morgan fingerprint density at radius 3 is 2.77 bits per heavy atom. The van der Waals surface area contributed by atoms with Crippen molar-refractivity contribution in [3.63, 3.8) is 0 Å². The van der Waals surface area contributed by atoms with Gasteiger partial charge in [0.1, 0.15) is 0 Å². The third-order valence-corrected chi connectivity index (χ3v) is 1.96. The second-order valence-corrected chi connectivity index (χ2v) is 2.89. The highest BCUT2D eigenvalue weighted by atomic mass is 16.3. The highest BCUT2D eigenvalue weighted by Gasteiger charge is 2.07. The minimum Gasteiger partial charge on any atom is -0.443 e. The summed E-state index contributed by atoms with van der Waals surface area (Å²) in [5.74, 6) is 0. The van der Waals surface area contributed by atoms with Crippen molar-refractivity contribution in [3.05, 3.63) is 34.2 Å². The number of aromatic nitrogens is 2. The Morgan fingerprint density at radius 2 is 2.08 bits per heavy atom. The van der Waals surface area contributed by atoms with Crippen molar-refractivity contribution < 1.29 is 4.42 Å². The van der Waals surface area contributed by atoms with Gasteiger partial charge in [0.15, 0.2) is 12.0 Å². The smallest absolute Gasteiger partial charge is 0.283 e. The normalized spacial score (nSPS) is 10.6. The summed E-state index contributed by atoms with van der Waals surface area (Å²) in [5.41, 5.74) is 1.77. The van der Waals surface area contributed by atoms with Crippen molar-refractivity contribution in [2.24, 2.45) is 0 Å². The molecule has 0 aliphatic heterocycles. The van der Waals surface area contributed by atoms with Crippen LogP contribution in [0.2, 0.25) is 0 Å². The fourth-order valence-electron chi connectivity index (χ4n) is 1.28. The lowest BCUT2D eigenvalue weighted by atomic mass is 10.2. The molecule has 0 radical (unpaired) electrons. The summed E-state index contributed by atoms with van der Waals surface area (Å²) in [4.78, 5) is 19.0. The van der Waals surface area contributed by atoms with E-state index in [2.05, 4.69) is 9.97 Å². The summed E-state index contributed by atoms with van der Waals surface area (Å²) >= 11 is 0. The second-order valence-electron chi connectivity index (χ2n) is 2.89. The maximum Gasteiger partial charge on any atom is 0.283 e. The van der Waals surface area contributed by atoms with Crippen molar-refractivity contribution in [1.29, 1.82) is 0 Å². The molecule has 2 heterocycles. The van der Waals surface area contributed by atoms with Gasteiger partial charge in [-0.15, -0.1) is 0 Å². The monoisotopic (exact) mass is 176 g/mol. The van der Waals surface area contributed by atoms with Gasteiger partial charge in [-0.05, 0) is 19.4 Å². The van der Waals surface area contributed by atoms with Gasteiger partial charge in [0.2, 0.25) is 0 Å². The first-order chi connectivity index (χ1) is 6.20. The van der Waals surface area contributed by atoms with Crippen molar-refractivity contribution in [2.75, 3.05) is 0 Å².